The lowest BCUT2D eigenvalue weighted by Gasteiger charge is -2.46. The molecule has 1 aliphatic heterocycles. The smallest absolute Gasteiger partial charge is 0.116 e. The summed E-state index contributed by atoms with van der Waals surface area (Å²) in [5.74, 6) is 0.562. The Morgan fingerprint density at radius 3 is 2.50 bits per heavy atom. The molecule has 2 atom stereocenters. The minimum absolute atomic E-state index is 0.0297. The molecule has 3 aromatic rings. The summed E-state index contributed by atoms with van der Waals surface area (Å²) in [6, 6.07) is 11.4. The normalized spacial score (nSPS) is 26.1. The van der Waals surface area contributed by atoms with Crippen LogP contribution in [0.1, 0.15) is 67.3 Å². The number of halogens is 1. The van der Waals surface area contributed by atoms with E-state index < -0.39 is 0 Å². The van der Waals surface area contributed by atoms with E-state index in [0.29, 0.717) is 24.6 Å². The van der Waals surface area contributed by atoms with E-state index in [2.05, 4.69) is 47.3 Å². The van der Waals surface area contributed by atoms with Crippen LogP contribution in [0.4, 0.5) is 0 Å². The summed E-state index contributed by atoms with van der Waals surface area (Å²) in [4.78, 5) is 2.70. The standard InChI is InChI=1S/C26H35ClN6O/c1-4-32-15-25(28-30-32)26-16-33(23(17-34-26)14-19-5-9-21(27)10-6-19)22-11-7-20(8-12-22)24-13-18(2)31(3)29-24/h5-6,9-10,13,15,20,22-23,26H,4,7-8,11-12,14,16-17H2,1-3H3/t20?,22?,23-,26+/m0/s1. The minimum Gasteiger partial charge on any atom is -0.369 e. The first-order valence-corrected chi connectivity index (χ1v) is 12.9. The van der Waals surface area contributed by atoms with E-state index in [1.807, 2.05) is 34.7 Å². The van der Waals surface area contributed by atoms with Crippen LogP contribution in [0.2, 0.25) is 5.02 Å². The van der Waals surface area contributed by atoms with Crippen molar-refractivity contribution in [1.29, 1.82) is 0 Å². The molecule has 1 saturated carbocycles. The summed E-state index contributed by atoms with van der Waals surface area (Å²) in [5, 5.41) is 14.2. The molecular weight excluding hydrogens is 448 g/mol. The van der Waals surface area contributed by atoms with Crippen LogP contribution >= 0.6 is 11.6 Å². The number of hydrogen-bond donors (Lipinski definition) is 0. The van der Waals surface area contributed by atoms with E-state index in [-0.39, 0.29) is 6.10 Å². The van der Waals surface area contributed by atoms with Gasteiger partial charge in [-0.25, -0.2) is 0 Å². The van der Waals surface area contributed by atoms with E-state index in [1.165, 1.54) is 42.6 Å². The second-order valence-electron chi connectivity index (χ2n) is 9.84. The highest BCUT2D eigenvalue weighted by atomic mass is 35.5. The molecule has 2 aliphatic rings. The summed E-state index contributed by atoms with van der Waals surface area (Å²) >= 11 is 6.12. The van der Waals surface area contributed by atoms with Crippen LogP contribution in [-0.4, -0.2) is 54.9 Å². The molecule has 7 nitrogen and oxygen atoms in total. The van der Waals surface area contributed by atoms with Crippen LogP contribution in [-0.2, 0) is 24.8 Å². The summed E-state index contributed by atoms with van der Waals surface area (Å²) in [7, 11) is 2.04. The maximum absolute atomic E-state index is 6.36. The zero-order chi connectivity index (χ0) is 23.7. The summed E-state index contributed by atoms with van der Waals surface area (Å²) in [6.07, 6.45) is 7.70. The zero-order valence-corrected chi connectivity index (χ0v) is 21.2. The van der Waals surface area contributed by atoms with E-state index in [1.54, 1.807) is 0 Å². The number of benzene rings is 1. The summed E-state index contributed by atoms with van der Waals surface area (Å²) in [5.41, 5.74) is 4.73. The topological polar surface area (TPSA) is 61.0 Å². The Morgan fingerprint density at radius 2 is 1.85 bits per heavy atom. The second-order valence-corrected chi connectivity index (χ2v) is 10.3. The van der Waals surface area contributed by atoms with Gasteiger partial charge in [-0.15, -0.1) is 5.10 Å². The van der Waals surface area contributed by atoms with Gasteiger partial charge >= 0.3 is 0 Å². The average molecular weight is 483 g/mol. The SMILES string of the molecule is CCn1cc([C@H]2CN(C3CCC(c4cc(C)n(C)n4)CC3)[C@@H](Cc3ccc(Cl)cc3)CO2)nn1. The lowest BCUT2D eigenvalue weighted by atomic mass is 9.82. The quantitative estimate of drug-likeness (QED) is 0.509. The van der Waals surface area contributed by atoms with Crippen molar-refractivity contribution in [2.45, 2.75) is 76.6 Å². The van der Waals surface area contributed by atoms with E-state index in [4.69, 9.17) is 21.4 Å². The molecule has 2 fully saturated rings. The first kappa shape index (κ1) is 23.5. The molecule has 0 spiro atoms. The van der Waals surface area contributed by atoms with Crippen molar-refractivity contribution in [3.8, 4) is 0 Å². The molecule has 1 saturated heterocycles. The molecule has 0 unspecified atom stereocenters. The number of aromatic nitrogens is 5. The first-order valence-electron chi connectivity index (χ1n) is 12.5. The van der Waals surface area contributed by atoms with Crippen molar-refractivity contribution in [3.63, 3.8) is 0 Å². The van der Waals surface area contributed by atoms with Crippen molar-refractivity contribution >= 4 is 11.6 Å². The van der Waals surface area contributed by atoms with Gasteiger partial charge < -0.3 is 4.74 Å². The summed E-state index contributed by atoms with van der Waals surface area (Å²) in [6.45, 7) is 6.59. The Kier molecular flexibility index (Phi) is 7.04. The first-order chi connectivity index (χ1) is 16.5. The van der Waals surface area contributed by atoms with Gasteiger partial charge in [0.05, 0.1) is 18.5 Å². The van der Waals surface area contributed by atoms with Crippen LogP contribution in [0, 0.1) is 6.92 Å². The molecular formula is C26H35ClN6O. The maximum Gasteiger partial charge on any atom is 0.116 e. The van der Waals surface area contributed by atoms with Crippen molar-refractivity contribution < 1.29 is 4.74 Å². The fourth-order valence-electron chi connectivity index (χ4n) is 5.52. The van der Waals surface area contributed by atoms with Crippen LogP contribution in [0.3, 0.4) is 0 Å². The van der Waals surface area contributed by atoms with Gasteiger partial charge in [-0.1, -0.05) is 28.9 Å². The molecule has 0 N–H and O–H groups in total. The predicted molar refractivity (Wildman–Crippen MR) is 133 cm³/mol. The highest BCUT2D eigenvalue weighted by Crippen LogP contribution is 2.37. The Labute approximate surface area is 207 Å². The highest BCUT2D eigenvalue weighted by molar-refractivity contribution is 6.30. The Hall–Kier alpha value is -2.22. The van der Waals surface area contributed by atoms with Gasteiger partial charge in [-0.3, -0.25) is 14.3 Å². The molecule has 34 heavy (non-hydrogen) atoms. The van der Waals surface area contributed by atoms with Gasteiger partial charge in [-0.05, 0) is 69.7 Å². The Morgan fingerprint density at radius 1 is 1.09 bits per heavy atom. The average Bonchev–Trinajstić information content (AvgIpc) is 3.47. The van der Waals surface area contributed by atoms with Gasteiger partial charge in [0, 0.05) is 48.9 Å². The molecule has 182 valence electrons. The fraction of sp³-hybridized carbons (Fsp3) is 0.577. The molecule has 5 rings (SSSR count). The molecule has 8 heteroatoms. The molecule has 0 bridgehead atoms. The molecule has 1 aliphatic carbocycles. The van der Waals surface area contributed by atoms with Crippen molar-refractivity contribution in [2.75, 3.05) is 13.2 Å². The Bertz CT molecular complexity index is 1070. The van der Waals surface area contributed by atoms with Gasteiger partial charge in [0.25, 0.3) is 0 Å². The number of morpholine rings is 1. The third-order valence-electron chi connectivity index (χ3n) is 7.65. The van der Waals surface area contributed by atoms with Crippen LogP contribution in [0.5, 0.6) is 0 Å². The monoisotopic (exact) mass is 482 g/mol. The van der Waals surface area contributed by atoms with E-state index >= 15 is 0 Å². The molecule has 1 aromatic carbocycles. The van der Waals surface area contributed by atoms with Crippen LogP contribution in [0.25, 0.3) is 0 Å². The van der Waals surface area contributed by atoms with E-state index in [0.717, 1.165) is 30.2 Å². The molecule has 2 aromatic heterocycles. The minimum atomic E-state index is -0.0297. The van der Waals surface area contributed by atoms with Gasteiger partial charge in [0.2, 0.25) is 0 Å². The van der Waals surface area contributed by atoms with Crippen LogP contribution in [0.15, 0.2) is 36.5 Å². The number of nitrogens with zero attached hydrogens (tertiary/aromatic N) is 6. The van der Waals surface area contributed by atoms with Gasteiger partial charge in [0.15, 0.2) is 0 Å². The number of hydrogen-bond acceptors (Lipinski definition) is 5. The zero-order valence-electron chi connectivity index (χ0n) is 20.4. The lowest BCUT2D eigenvalue weighted by Crippen LogP contribution is -2.53. The molecule has 0 radical (unpaired) electrons. The maximum atomic E-state index is 6.36. The number of ether oxygens (including phenoxy) is 1. The fourth-order valence-corrected chi connectivity index (χ4v) is 5.64. The van der Waals surface area contributed by atoms with Gasteiger partial charge in [-0.2, -0.15) is 5.10 Å². The van der Waals surface area contributed by atoms with Crippen molar-refractivity contribution in [1.82, 2.24) is 29.7 Å². The van der Waals surface area contributed by atoms with Crippen molar-refractivity contribution in [2.24, 2.45) is 7.05 Å². The molecule has 0 amide bonds. The largest absolute Gasteiger partial charge is 0.369 e. The van der Waals surface area contributed by atoms with E-state index in [9.17, 15) is 0 Å². The summed E-state index contributed by atoms with van der Waals surface area (Å²) < 4.78 is 10.2. The Balaban J connectivity index is 1.31. The third kappa shape index (κ3) is 5.07. The van der Waals surface area contributed by atoms with Gasteiger partial charge in [0.1, 0.15) is 11.8 Å². The predicted octanol–water partition coefficient (Wildman–Crippen LogP) is 4.70. The second kappa shape index (κ2) is 10.2. The number of rotatable bonds is 6. The molecule has 3 heterocycles. The van der Waals surface area contributed by atoms with Crippen LogP contribution < -0.4 is 0 Å². The lowest BCUT2D eigenvalue weighted by molar-refractivity contribution is -0.0878. The number of aryl methyl sites for hydroxylation is 3. The third-order valence-corrected chi connectivity index (χ3v) is 7.90. The van der Waals surface area contributed by atoms with Crippen molar-refractivity contribution in [3.05, 3.63) is 64.2 Å². The highest BCUT2D eigenvalue weighted by Gasteiger charge is 2.37.